The first kappa shape index (κ1) is 17.6. The Labute approximate surface area is 152 Å². The molecule has 1 fully saturated rings. The highest BCUT2D eigenvalue weighted by atomic mass is 32.2. The predicted octanol–water partition coefficient (Wildman–Crippen LogP) is 2.74. The number of thioether (sulfide) groups is 1. The maximum absolute atomic E-state index is 12.6. The molecule has 2 aliphatic rings. The summed E-state index contributed by atoms with van der Waals surface area (Å²) < 4.78 is 11.0. The van der Waals surface area contributed by atoms with Crippen LogP contribution in [-0.2, 0) is 4.79 Å². The van der Waals surface area contributed by atoms with Gasteiger partial charge in [0.25, 0.3) is 0 Å². The number of methoxy groups -OCH3 is 1. The Kier molecular flexibility index (Phi) is 5.21. The van der Waals surface area contributed by atoms with Crippen LogP contribution in [0.3, 0.4) is 0 Å². The Balaban J connectivity index is 2.01. The third kappa shape index (κ3) is 3.32. The van der Waals surface area contributed by atoms with Gasteiger partial charge in [0.2, 0.25) is 5.91 Å². The molecule has 1 aromatic rings. The maximum atomic E-state index is 12.6. The van der Waals surface area contributed by atoms with Crippen molar-refractivity contribution < 1.29 is 14.3 Å². The summed E-state index contributed by atoms with van der Waals surface area (Å²) in [5.41, 5.74) is 1.56. The lowest BCUT2D eigenvalue weighted by molar-refractivity contribution is -0.131. The smallest absolute Gasteiger partial charge is 0.229 e. The molecule has 0 saturated carbocycles. The lowest BCUT2D eigenvalue weighted by Gasteiger charge is -2.40. The fourth-order valence-corrected chi connectivity index (χ4v) is 4.22. The van der Waals surface area contributed by atoms with Gasteiger partial charge in [0.15, 0.2) is 11.5 Å². The summed E-state index contributed by atoms with van der Waals surface area (Å²) in [6.07, 6.45) is 0.290. The van der Waals surface area contributed by atoms with Crippen LogP contribution >= 0.6 is 11.8 Å². The lowest BCUT2D eigenvalue weighted by Crippen LogP contribution is -2.45. The molecule has 0 aromatic heterocycles. The van der Waals surface area contributed by atoms with Crippen molar-refractivity contribution in [2.45, 2.75) is 19.3 Å². The molecule has 0 spiro atoms. The number of allylic oxidation sites excluding steroid dienone is 1. The summed E-state index contributed by atoms with van der Waals surface area (Å²) in [7, 11) is 3.55. The number of rotatable bonds is 4. The van der Waals surface area contributed by atoms with Gasteiger partial charge >= 0.3 is 0 Å². The molecule has 0 N–H and O–H groups in total. The number of fused-ring (bicyclic) bond motifs is 1. The monoisotopic (exact) mass is 359 g/mol. The van der Waals surface area contributed by atoms with Gasteiger partial charge in [0.1, 0.15) is 0 Å². The highest BCUT2D eigenvalue weighted by Gasteiger charge is 2.37. The van der Waals surface area contributed by atoms with Crippen LogP contribution in [0.5, 0.6) is 11.5 Å². The summed E-state index contributed by atoms with van der Waals surface area (Å²) in [6, 6.07) is 7.97. The molecule has 7 heteroatoms. The van der Waals surface area contributed by atoms with Gasteiger partial charge in [-0.25, -0.2) is 0 Å². The topological polar surface area (TPSA) is 65.8 Å². The van der Waals surface area contributed by atoms with E-state index in [1.165, 1.54) is 0 Å². The Morgan fingerprint density at radius 1 is 1.40 bits per heavy atom. The zero-order valence-corrected chi connectivity index (χ0v) is 15.4. The average Bonchev–Trinajstić information content (AvgIpc) is 2.62. The molecule has 2 aliphatic heterocycles. The van der Waals surface area contributed by atoms with Gasteiger partial charge in [-0.15, -0.1) is 0 Å². The molecule has 1 aromatic carbocycles. The summed E-state index contributed by atoms with van der Waals surface area (Å²) in [5, 5.41) is 10.5. The summed E-state index contributed by atoms with van der Waals surface area (Å²) >= 11 is 1.54. The van der Waals surface area contributed by atoms with Crippen LogP contribution in [0.25, 0.3) is 0 Å². The Morgan fingerprint density at radius 2 is 2.20 bits per heavy atom. The van der Waals surface area contributed by atoms with Crippen LogP contribution in [0.4, 0.5) is 0 Å². The number of benzene rings is 1. The number of hydrogen-bond donors (Lipinski definition) is 0. The van der Waals surface area contributed by atoms with E-state index >= 15 is 0 Å². The number of carbonyl (C=O) groups excluding carboxylic acids is 1. The average molecular weight is 359 g/mol. The molecule has 0 aliphatic carbocycles. The second-order valence-electron chi connectivity index (χ2n) is 6.02. The number of carbonyl (C=O) groups is 1. The quantitative estimate of drug-likeness (QED) is 0.824. The first-order valence-corrected chi connectivity index (χ1v) is 9.14. The highest BCUT2D eigenvalue weighted by molar-refractivity contribution is 8.03. The van der Waals surface area contributed by atoms with Gasteiger partial charge < -0.3 is 9.47 Å². The van der Waals surface area contributed by atoms with Crippen LogP contribution in [0.2, 0.25) is 0 Å². The van der Waals surface area contributed by atoms with E-state index in [9.17, 15) is 10.1 Å². The van der Waals surface area contributed by atoms with Gasteiger partial charge in [-0.2, -0.15) is 5.26 Å². The predicted molar refractivity (Wildman–Crippen MR) is 96.1 cm³/mol. The number of amides is 1. The van der Waals surface area contributed by atoms with Crippen molar-refractivity contribution in [3.05, 3.63) is 34.4 Å². The number of ether oxygens (including phenoxy) is 2. The fraction of sp³-hybridized carbons (Fsp3) is 0.444. The number of nitriles is 1. The molecule has 132 valence electrons. The Morgan fingerprint density at radius 3 is 2.88 bits per heavy atom. The van der Waals surface area contributed by atoms with Crippen molar-refractivity contribution in [2.24, 2.45) is 0 Å². The molecular weight excluding hydrogens is 338 g/mol. The van der Waals surface area contributed by atoms with Crippen LogP contribution in [0.15, 0.2) is 28.8 Å². The van der Waals surface area contributed by atoms with Crippen LogP contribution in [-0.4, -0.2) is 49.0 Å². The summed E-state index contributed by atoms with van der Waals surface area (Å²) in [5.74, 6) is 1.85. The fourth-order valence-electron chi connectivity index (χ4n) is 3.13. The SMILES string of the molecule is CCOc1ccc(C2CC(=O)N3CN(C)CSC3=C2C#N)cc1OC. The van der Waals surface area contributed by atoms with Crippen molar-refractivity contribution in [3.63, 3.8) is 0 Å². The van der Waals surface area contributed by atoms with Crippen molar-refractivity contribution >= 4 is 17.7 Å². The van der Waals surface area contributed by atoms with Crippen molar-refractivity contribution in [3.8, 4) is 17.6 Å². The van der Waals surface area contributed by atoms with E-state index in [0.29, 0.717) is 30.3 Å². The van der Waals surface area contributed by atoms with E-state index in [4.69, 9.17) is 9.47 Å². The van der Waals surface area contributed by atoms with E-state index in [2.05, 4.69) is 11.0 Å². The zero-order chi connectivity index (χ0) is 18.0. The minimum Gasteiger partial charge on any atom is -0.493 e. The second kappa shape index (κ2) is 7.38. The summed E-state index contributed by atoms with van der Waals surface area (Å²) in [6.45, 7) is 2.99. The molecule has 25 heavy (non-hydrogen) atoms. The van der Waals surface area contributed by atoms with E-state index < -0.39 is 0 Å². The summed E-state index contributed by atoms with van der Waals surface area (Å²) in [4.78, 5) is 16.4. The second-order valence-corrected chi connectivity index (χ2v) is 6.96. The Bertz CT molecular complexity index is 756. The van der Waals surface area contributed by atoms with Crippen LogP contribution in [0, 0.1) is 11.3 Å². The molecule has 1 unspecified atom stereocenters. The van der Waals surface area contributed by atoms with Crippen molar-refractivity contribution in [1.82, 2.24) is 9.80 Å². The molecular formula is C18H21N3O3S. The zero-order valence-electron chi connectivity index (χ0n) is 14.6. The van der Waals surface area contributed by atoms with Gasteiger partial charge in [0.05, 0.1) is 42.9 Å². The molecule has 0 radical (unpaired) electrons. The standard InChI is InChI=1S/C18H21N3O3S/c1-4-24-15-6-5-12(7-16(15)23-3)13-8-17(22)21-10-20(2)11-25-18(21)14(13)9-19/h5-7,13H,4,8,10-11H2,1-3H3. The third-order valence-electron chi connectivity index (χ3n) is 4.32. The number of hydrogen-bond acceptors (Lipinski definition) is 6. The molecule has 1 amide bonds. The molecule has 2 heterocycles. The van der Waals surface area contributed by atoms with Gasteiger partial charge in [0, 0.05) is 12.3 Å². The Hall–Kier alpha value is -2.17. The molecule has 1 atom stereocenters. The largest absolute Gasteiger partial charge is 0.493 e. The minimum atomic E-state index is -0.246. The van der Waals surface area contributed by atoms with Crippen molar-refractivity contribution in [2.75, 3.05) is 33.3 Å². The van der Waals surface area contributed by atoms with E-state index in [-0.39, 0.29) is 18.2 Å². The third-order valence-corrected chi connectivity index (χ3v) is 5.60. The van der Waals surface area contributed by atoms with E-state index in [1.807, 2.05) is 32.2 Å². The molecule has 0 bridgehead atoms. The van der Waals surface area contributed by atoms with Gasteiger partial charge in [-0.1, -0.05) is 17.8 Å². The minimum absolute atomic E-state index is 0.0471. The molecule has 6 nitrogen and oxygen atoms in total. The normalized spacial score (nSPS) is 21.0. The highest BCUT2D eigenvalue weighted by Crippen LogP contribution is 2.43. The maximum Gasteiger partial charge on any atom is 0.229 e. The number of nitrogens with zero attached hydrogens (tertiary/aromatic N) is 3. The van der Waals surface area contributed by atoms with E-state index in [1.54, 1.807) is 23.8 Å². The first-order chi connectivity index (χ1) is 12.1. The van der Waals surface area contributed by atoms with Crippen molar-refractivity contribution in [1.29, 1.82) is 5.26 Å². The van der Waals surface area contributed by atoms with Crippen LogP contribution in [0.1, 0.15) is 24.8 Å². The molecule has 1 saturated heterocycles. The lowest BCUT2D eigenvalue weighted by atomic mass is 9.86. The van der Waals surface area contributed by atoms with Crippen LogP contribution < -0.4 is 9.47 Å². The van der Waals surface area contributed by atoms with Gasteiger partial charge in [-0.3, -0.25) is 14.6 Å². The first-order valence-electron chi connectivity index (χ1n) is 8.15. The van der Waals surface area contributed by atoms with Gasteiger partial charge in [-0.05, 0) is 31.7 Å². The molecule has 3 rings (SSSR count). The van der Waals surface area contributed by atoms with E-state index in [0.717, 1.165) is 16.5 Å².